The number of rotatable bonds is 7. The number of hydrogen-bond acceptors (Lipinski definition) is 5. The first kappa shape index (κ1) is 34.8. The summed E-state index contributed by atoms with van der Waals surface area (Å²) in [5.74, 6) is 0. The summed E-state index contributed by atoms with van der Waals surface area (Å²) in [4.78, 5) is 14.3. The van der Waals surface area contributed by atoms with E-state index < -0.39 is 0 Å². The Balaban J connectivity index is 0.994. The summed E-state index contributed by atoms with van der Waals surface area (Å²) in [5.41, 5.74) is 16.2. The van der Waals surface area contributed by atoms with Gasteiger partial charge in [0.2, 0.25) is 0 Å². The SMILES string of the molecule is N#Cc1cc(-c2ccc(-c3cccc4cccnc34)cc2)cc(-c2ccc(-c3ccc(-c4cc(C5=CCCCN5)nc(-c5ccccn5)c4)cc3)c3ccccc23)c1. The second-order valence-electron chi connectivity index (χ2n) is 14.7. The zero-order valence-corrected chi connectivity index (χ0v) is 31.7. The van der Waals surface area contributed by atoms with Crippen molar-refractivity contribution in [2.75, 3.05) is 6.54 Å². The smallest absolute Gasteiger partial charge is 0.0992 e. The average molecular weight is 744 g/mol. The molecule has 6 aromatic carbocycles. The van der Waals surface area contributed by atoms with Crippen LogP contribution in [-0.2, 0) is 0 Å². The molecule has 9 aromatic rings. The number of benzene rings is 6. The van der Waals surface area contributed by atoms with E-state index >= 15 is 0 Å². The molecule has 0 spiro atoms. The molecule has 0 radical (unpaired) electrons. The van der Waals surface area contributed by atoms with E-state index in [0.29, 0.717) is 5.56 Å². The molecular formula is C53H37N5. The van der Waals surface area contributed by atoms with Crippen LogP contribution in [0.2, 0.25) is 0 Å². The van der Waals surface area contributed by atoms with Gasteiger partial charge in [0, 0.05) is 29.9 Å². The first-order valence-electron chi connectivity index (χ1n) is 19.7. The number of para-hydroxylation sites is 1. The van der Waals surface area contributed by atoms with Crippen LogP contribution in [0.3, 0.4) is 0 Å². The molecule has 10 rings (SSSR count). The molecule has 0 fully saturated rings. The van der Waals surface area contributed by atoms with Crippen molar-refractivity contribution in [2.45, 2.75) is 12.8 Å². The molecule has 58 heavy (non-hydrogen) atoms. The lowest BCUT2D eigenvalue weighted by atomic mass is 9.89. The molecule has 0 bridgehead atoms. The van der Waals surface area contributed by atoms with Crippen LogP contribution in [0.15, 0.2) is 182 Å². The number of fused-ring (bicyclic) bond motifs is 2. The van der Waals surface area contributed by atoms with Crippen LogP contribution in [-0.4, -0.2) is 21.5 Å². The van der Waals surface area contributed by atoms with Crippen molar-refractivity contribution in [1.29, 1.82) is 5.26 Å². The fourth-order valence-corrected chi connectivity index (χ4v) is 8.16. The van der Waals surface area contributed by atoms with Crippen LogP contribution >= 0.6 is 0 Å². The fourth-order valence-electron chi connectivity index (χ4n) is 8.16. The van der Waals surface area contributed by atoms with Crippen molar-refractivity contribution in [2.24, 2.45) is 0 Å². The highest BCUT2D eigenvalue weighted by molar-refractivity contribution is 6.05. The molecule has 0 atom stereocenters. The Morgan fingerprint density at radius 2 is 1.12 bits per heavy atom. The number of pyridine rings is 3. The maximum atomic E-state index is 10.2. The lowest BCUT2D eigenvalue weighted by molar-refractivity contribution is 0.741. The number of hydrogen-bond donors (Lipinski definition) is 1. The summed E-state index contributed by atoms with van der Waals surface area (Å²) in [5, 5.41) is 17.1. The van der Waals surface area contributed by atoms with Crippen LogP contribution < -0.4 is 5.32 Å². The fraction of sp³-hybridized carbons (Fsp3) is 0.0566. The molecule has 0 unspecified atom stereocenters. The highest BCUT2D eigenvalue weighted by Gasteiger charge is 2.15. The van der Waals surface area contributed by atoms with E-state index in [1.165, 1.54) is 0 Å². The molecule has 1 aliphatic rings. The quantitative estimate of drug-likeness (QED) is 0.176. The maximum absolute atomic E-state index is 10.2. The van der Waals surface area contributed by atoms with E-state index in [-0.39, 0.29) is 0 Å². The normalized spacial score (nSPS) is 12.5. The molecule has 4 heterocycles. The van der Waals surface area contributed by atoms with Crippen LogP contribution in [0, 0.1) is 11.3 Å². The first-order valence-corrected chi connectivity index (χ1v) is 19.7. The minimum absolute atomic E-state index is 0.625. The summed E-state index contributed by atoms with van der Waals surface area (Å²) in [6, 6.07) is 59.5. The molecule has 0 amide bonds. The van der Waals surface area contributed by atoms with E-state index in [9.17, 15) is 5.26 Å². The molecule has 274 valence electrons. The van der Waals surface area contributed by atoms with Crippen LogP contribution in [0.25, 0.3) is 94.4 Å². The molecule has 0 saturated heterocycles. The zero-order valence-electron chi connectivity index (χ0n) is 31.7. The van der Waals surface area contributed by atoms with Crippen LogP contribution in [0.5, 0.6) is 0 Å². The average Bonchev–Trinajstić information content (AvgIpc) is 3.31. The third-order valence-corrected chi connectivity index (χ3v) is 11.1. The molecule has 3 aromatic heterocycles. The lowest BCUT2D eigenvalue weighted by Gasteiger charge is -2.17. The van der Waals surface area contributed by atoms with E-state index in [0.717, 1.165) is 119 Å². The second kappa shape index (κ2) is 15.1. The van der Waals surface area contributed by atoms with Crippen LogP contribution in [0.1, 0.15) is 24.1 Å². The topological polar surface area (TPSA) is 74.5 Å². The van der Waals surface area contributed by atoms with Gasteiger partial charge in [0.05, 0.1) is 39.9 Å². The Hall–Kier alpha value is -7.68. The number of nitriles is 1. The van der Waals surface area contributed by atoms with Crippen molar-refractivity contribution >= 4 is 27.4 Å². The third kappa shape index (κ3) is 6.67. The van der Waals surface area contributed by atoms with Crippen LogP contribution in [0.4, 0.5) is 0 Å². The zero-order chi connectivity index (χ0) is 38.8. The van der Waals surface area contributed by atoms with Gasteiger partial charge in [-0.25, -0.2) is 4.98 Å². The number of nitrogens with zero attached hydrogens (tertiary/aromatic N) is 4. The second-order valence-corrected chi connectivity index (χ2v) is 14.7. The van der Waals surface area contributed by atoms with Crippen molar-refractivity contribution in [3.8, 4) is 73.1 Å². The minimum atomic E-state index is 0.625. The lowest BCUT2D eigenvalue weighted by Crippen LogP contribution is -2.18. The highest BCUT2D eigenvalue weighted by Crippen LogP contribution is 2.39. The van der Waals surface area contributed by atoms with Gasteiger partial charge in [0.15, 0.2) is 0 Å². The molecular weight excluding hydrogens is 707 g/mol. The van der Waals surface area contributed by atoms with E-state index in [2.05, 4.69) is 155 Å². The highest BCUT2D eigenvalue weighted by atomic mass is 14.9. The van der Waals surface area contributed by atoms with Gasteiger partial charge in [0.25, 0.3) is 0 Å². The Morgan fingerprint density at radius 3 is 1.83 bits per heavy atom. The van der Waals surface area contributed by atoms with Gasteiger partial charge < -0.3 is 5.32 Å². The predicted octanol–water partition coefficient (Wildman–Crippen LogP) is 12.8. The Kier molecular flexibility index (Phi) is 9.06. The van der Waals surface area contributed by atoms with Gasteiger partial charge in [0.1, 0.15) is 0 Å². The van der Waals surface area contributed by atoms with Gasteiger partial charge in [-0.2, -0.15) is 5.26 Å². The standard InChI is InChI=1S/C53H37N5/c54-34-35-29-41(36-18-22-39(23-19-36)46-13-7-9-40-10-8-28-57-53(40)46)31-43(30-35)45-25-24-44(47-11-1-2-12-48(45)47)38-20-16-37(17-21-38)42-32-51(49-14-3-5-26-55-49)58-52(33-42)50-15-4-6-27-56-50/h1-3,5,7-26,28-33,56H,4,6,27H2. The predicted molar refractivity (Wildman–Crippen MR) is 237 cm³/mol. The van der Waals surface area contributed by atoms with E-state index in [1.54, 1.807) is 0 Å². The van der Waals surface area contributed by atoms with Crippen molar-refractivity contribution in [3.05, 3.63) is 194 Å². The monoisotopic (exact) mass is 743 g/mol. The van der Waals surface area contributed by atoms with Gasteiger partial charge >= 0.3 is 0 Å². The van der Waals surface area contributed by atoms with Gasteiger partial charge in [-0.05, 0) is 122 Å². The summed E-state index contributed by atoms with van der Waals surface area (Å²) in [6.07, 6.45) is 8.07. The maximum Gasteiger partial charge on any atom is 0.0992 e. The molecule has 0 saturated carbocycles. The van der Waals surface area contributed by atoms with Crippen molar-refractivity contribution in [3.63, 3.8) is 0 Å². The molecule has 5 heteroatoms. The largest absolute Gasteiger partial charge is 0.384 e. The Labute approximate surface area is 337 Å². The van der Waals surface area contributed by atoms with Crippen molar-refractivity contribution < 1.29 is 0 Å². The van der Waals surface area contributed by atoms with Gasteiger partial charge in [-0.3, -0.25) is 9.97 Å². The molecule has 1 aliphatic heterocycles. The molecule has 5 nitrogen and oxygen atoms in total. The van der Waals surface area contributed by atoms with E-state index in [4.69, 9.17) is 4.98 Å². The molecule has 1 N–H and O–H groups in total. The summed E-state index contributed by atoms with van der Waals surface area (Å²) in [7, 11) is 0. The minimum Gasteiger partial charge on any atom is -0.384 e. The molecule has 0 aliphatic carbocycles. The van der Waals surface area contributed by atoms with Gasteiger partial charge in [-0.1, -0.05) is 121 Å². The number of allylic oxidation sites excluding steroid dienone is 1. The van der Waals surface area contributed by atoms with Crippen molar-refractivity contribution in [1.82, 2.24) is 20.3 Å². The Morgan fingerprint density at radius 1 is 0.483 bits per heavy atom. The summed E-state index contributed by atoms with van der Waals surface area (Å²) < 4.78 is 0. The van der Waals surface area contributed by atoms with Gasteiger partial charge in [-0.15, -0.1) is 0 Å². The van der Waals surface area contributed by atoms with E-state index in [1.807, 2.05) is 48.8 Å². The number of nitrogens with one attached hydrogen (secondary N) is 1. The first-order chi connectivity index (χ1) is 28.7. The number of aromatic nitrogens is 3. The third-order valence-electron chi connectivity index (χ3n) is 11.1. The summed E-state index contributed by atoms with van der Waals surface area (Å²) >= 11 is 0. The Bertz CT molecular complexity index is 3050. The summed E-state index contributed by atoms with van der Waals surface area (Å²) in [6.45, 7) is 0.947.